The first kappa shape index (κ1) is 14.9. The van der Waals surface area contributed by atoms with E-state index in [2.05, 4.69) is 21.5 Å². The SMILES string of the molecule is Clc1cccc(CNc2ccccc2Cn2cncn2)c1Cl. The molecule has 6 heteroatoms. The molecule has 0 unspecified atom stereocenters. The number of hydrogen-bond acceptors (Lipinski definition) is 3. The first-order valence-electron chi connectivity index (χ1n) is 6.81. The monoisotopic (exact) mass is 332 g/mol. The van der Waals surface area contributed by atoms with Crippen LogP contribution in [0.4, 0.5) is 5.69 Å². The number of para-hydroxylation sites is 1. The van der Waals surface area contributed by atoms with Gasteiger partial charge >= 0.3 is 0 Å². The van der Waals surface area contributed by atoms with Crippen molar-refractivity contribution in [3.05, 3.63) is 76.3 Å². The molecule has 1 N–H and O–H groups in total. The van der Waals surface area contributed by atoms with Gasteiger partial charge in [0.1, 0.15) is 12.7 Å². The van der Waals surface area contributed by atoms with Gasteiger partial charge in [0.05, 0.1) is 16.6 Å². The van der Waals surface area contributed by atoms with E-state index < -0.39 is 0 Å². The molecule has 0 aliphatic rings. The Morgan fingerprint density at radius 2 is 1.82 bits per heavy atom. The Bertz CT molecular complexity index is 757. The van der Waals surface area contributed by atoms with Gasteiger partial charge in [0, 0.05) is 12.2 Å². The maximum absolute atomic E-state index is 6.22. The van der Waals surface area contributed by atoms with E-state index >= 15 is 0 Å². The third-order valence-electron chi connectivity index (χ3n) is 3.32. The van der Waals surface area contributed by atoms with Crippen molar-refractivity contribution in [2.24, 2.45) is 0 Å². The third-order valence-corrected chi connectivity index (χ3v) is 4.18. The van der Waals surface area contributed by atoms with E-state index in [9.17, 15) is 0 Å². The van der Waals surface area contributed by atoms with Crippen molar-refractivity contribution in [2.75, 3.05) is 5.32 Å². The number of nitrogens with one attached hydrogen (secondary N) is 1. The van der Waals surface area contributed by atoms with Crippen LogP contribution in [0.2, 0.25) is 10.0 Å². The number of rotatable bonds is 5. The lowest BCUT2D eigenvalue weighted by Gasteiger charge is -2.13. The van der Waals surface area contributed by atoms with Crippen LogP contribution in [-0.4, -0.2) is 14.8 Å². The number of nitrogens with zero attached hydrogens (tertiary/aromatic N) is 3. The highest BCUT2D eigenvalue weighted by Gasteiger charge is 2.06. The standard InChI is InChI=1S/C16H14Cl2N4/c17-14-6-3-5-12(16(14)18)8-20-15-7-2-1-4-13(15)9-22-11-19-10-21-22/h1-7,10-11,20H,8-9H2. The third kappa shape index (κ3) is 3.40. The second-order valence-electron chi connectivity index (χ2n) is 4.82. The lowest BCUT2D eigenvalue weighted by Crippen LogP contribution is -2.06. The molecule has 0 aliphatic heterocycles. The Balaban J connectivity index is 1.76. The molecule has 0 fully saturated rings. The molecule has 4 nitrogen and oxygen atoms in total. The minimum atomic E-state index is 0.567. The quantitative estimate of drug-likeness (QED) is 0.759. The molecule has 0 atom stereocenters. The first-order chi connectivity index (χ1) is 10.7. The lowest BCUT2D eigenvalue weighted by molar-refractivity contribution is 0.685. The molecule has 3 rings (SSSR count). The second-order valence-corrected chi connectivity index (χ2v) is 5.60. The predicted molar refractivity (Wildman–Crippen MR) is 89.4 cm³/mol. The van der Waals surface area contributed by atoms with Crippen molar-refractivity contribution in [1.82, 2.24) is 14.8 Å². The van der Waals surface area contributed by atoms with Crippen LogP contribution in [0.25, 0.3) is 0 Å². The zero-order valence-corrected chi connectivity index (χ0v) is 13.2. The summed E-state index contributed by atoms with van der Waals surface area (Å²) in [5, 5.41) is 8.70. The highest BCUT2D eigenvalue weighted by atomic mass is 35.5. The van der Waals surface area contributed by atoms with Gasteiger partial charge in [-0.3, -0.25) is 0 Å². The fourth-order valence-electron chi connectivity index (χ4n) is 2.19. The van der Waals surface area contributed by atoms with Gasteiger partial charge in [0.25, 0.3) is 0 Å². The van der Waals surface area contributed by atoms with Crippen molar-refractivity contribution in [3.8, 4) is 0 Å². The fraction of sp³-hybridized carbons (Fsp3) is 0.125. The van der Waals surface area contributed by atoms with Crippen molar-refractivity contribution < 1.29 is 0 Å². The number of anilines is 1. The maximum atomic E-state index is 6.22. The van der Waals surface area contributed by atoms with Crippen LogP contribution >= 0.6 is 23.2 Å². The van der Waals surface area contributed by atoms with Crippen molar-refractivity contribution >= 4 is 28.9 Å². The van der Waals surface area contributed by atoms with Crippen molar-refractivity contribution in [2.45, 2.75) is 13.1 Å². The number of hydrogen-bond donors (Lipinski definition) is 1. The van der Waals surface area contributed by atoms with Crippen LogP contribution in [-0.2, 0) is 13.1 Å². The van der Waals surface area contributed by atoms with Crippen LogP contribution < -0.4 is 5.32 Å². The zero-order chi connectivity index (χ0) is 15.4. The van der Waals surface area contributed by atoms with Crippen molar-refractivity contribution in [1.29, 1.82) is 0 Å². The Hall–Kier alpha value is -2.04. The van der Waals surface area contributed by atoms with Gasteiger partial charge in [-0.1, -0.05) is 53.5 Å². The van der Waals surface area contributed by atoms with E-state index in [1.54, 1.807) is 17.1 Å². The van der Waals surface area contributed by atoms with Crippen LogP contribution in [0.15, 0.2) is 55.1 Å². The lowest BCUT2D eigenvalue weighted by atomic mass is 10.1. The molecule has 1 heterocycles. The van der Waals surface area contributed by atoms with Crippen LogP contribution in [0, 0.1) is 0 Å². The largest absolute Gasteiger partial charge is 0.381 e. The number of benzene rings is 2. The molecule has 0 amide bonds. The summed E-state index contributed by atoms with van der Waals surface area (Å²) in [6.07, 6.45) is 3.23. The van der Waals surface area contributed by atoms with Crippen LogP contribution in [0.1, 0.15) is 11.1 Å². The summed E-state index contributed by atoms with van der Waals surface area (Å²) in [6.45, 7) is 1.26. The Kier molecular flexibility index (Phi) is 4.61. The molecule has 112 valence electrons. The maximum Gasteiger partial charge on any atom is 0.137 e. The summed E-state index contributed by atoms with van der Waals surface area (Å²) in [5.74, 6) is 0. The molecule has 0 spiro atoms. The van der Waals surface area contributed by atoms with E-state index in [4.69, 9.17) is 23.2 Å². The molecular weight excluding hydrogens is 319 g/mol. The van der Waals surface area contributed by atoms with E-state index in [1.807, 2.05) is 30.3 Å². The van der Waals surface area contributed by atoms with Gasteiger partial charge < -0.3 is 5.32 Å². The summed E-state index contributed by atoms with van der Waals surface area (Å²) >= 11 is 12.3. The normalized spacial score (nSPS) is 10.6. The molecule has 2 aromatic carbocycles. The van der Waals surface area contributed by atoms with Crippen molar-refractivity contribution in [3.63, 3.8) is 0 Å². The molecule has 3 aromatic rings. The molecule has 22 heavy (non-hydrogen) atoms. The Morgan fingerprint density at radius 3 is 2.64 bits per heavy atom. The Labute approximate surface area is 138 Å². The highest BCUT2D eigenvalue weighted by molar-refractivity contribution is 6.42. The van der Waals surface area contributed by atoms with Gasteiger partial charge in [0.15, 0.2) is 0 Å². The fourth-order valence-corrected chi connectivity index (χ4v) is 2.58. The number of aromatic nitrogens is 3. The van der Waals surface area contributed by atoms with E-state index in [-0.39, 0.29) is 0 Å². The minimum Gasteiger partial charge on any atom is -0.381 e. The molecule has 1 aromatic heterocycles. The first-order valence-corrected chi connectivity index (χ1v) is 7.56. The zero-order valence-electron chi connectivity index (χ0n) is 11.7. The van der Waals surface area contributed by atoms with Gasteiger partial charge in [-0.2, -0.15) is 5.10 Å². The van der Waals surface area contributed by atoms with E-state index in [0.29, 0.717) is 23.1 Å². The predicted octanol–water partition coefficient (Wildman–Crippen LogP) is 4.25. The minimum absolute atomic E-state index is 0.567. The highest BCUT2D eigenvalue weighted by Crippen LogP contribution is 2.26. The topological polar surface area (TPSA) is 42.7 Å². The molecule has 0 saturated heterocycles. The smallest absolute Gasteiger partial charge is 0.137 e. The molecule has 0 radical (unpaired) electrons. The van der Waals surface area contributed by atoms with Gasteiger partial charge in [-0.05, 0) is 23.3 Å². The second kappa shape index (κ2) is 6.81. The van der Waals surface area contributed by atoms with Crippen LogP contribution in [0.5, 0.6) is 0 Å². The van der Waals surface area contributed by atoms with E-state index in [1.165, 1.54) is 6.33 Å². The van der Waals surface area contributed by atoms with Gasteiger partial charge in [-0.25, -0.2) is 9.67 Å². The average Bonchev–Trinajstić information content (AvgIpc) is 3.03. The average molecular weight is 333 g/mol. The molecular formula is C16H14Cl2N4. The molecule has 0 aliphatic carbocycles. The Morgan fingerprint density at radius 1 is 1.00 bits per heavy atom. The van der Waals surface area contributed by atoms with Gasteiger partial charge in [-0.15, -0.1) is 0 Å². The number of halogens is 2. The summed E-state index contributed by atoms with van der Waals surface area (Å²) < 4.78 is 1.78. The summed E-state index contributed by atoms with van der Waals surface area (Å²) in [4.78, 5) is 3.96. The van der Waals surface area contributed by atoms with E-state index in [0.717, 1.165) is 16.8 Å². The summed E-state index contributed by atoms with van der Waals surface area (Å²) in [7, 11) is 0. The summed E-state index contributed by atoms with van der Waals surface area (Å²) in [6, 6.07) is 13.7. The van der Waals surface area contributed by atoms with Crippen LogP contribution in [0.3, 0.4) is 0 Å². The molecule has 0 bridgehead atoms. The summed E-state index contributed by atoms with van der Waals surface area (Å²) in [5.41, 5.74) is 3.13. The van der Waals surface area contributed by atoms with Gasteiger partial charge in [0.2, 0.25) is 0 Å². The molecule has 0 saturated carbocycles.